The maximum atomic E-state index is 5.19. The molecule has 0 fully saturated rings. The molecule has 1 aliphatic rings. The Morgan fingerprint density at radius 2 is 2.24 bits per heavy atom. The molecule has 94 valence electrons. The average Bonchev–Trinajstić information content (AvgIpc) is 2.78. The Kier molecular flexibility index (Phi) is 4.31. The van der Waals surface area contributed by atoms with Crippen LogP contribution in [0.2, 0.25) is 0 Å². The first-order valence-electron chi connectivity index (χ1n) is 6.46. The molecule has 0 atom stereocenters. The van der Waals surface area contributed by atoms with Crippen molar-refractivity contribution in [1.82, 2.24) is 15.0 Å². The number of likely N-dealkylation sites (N-methyl/N-ethyl adjacent to an activating group) is 1. The van der Waals surface area contributed by atoms with Crippen molar-refractivity contribution in [2.24, 2.45) is 0 Å². The third kappa shape index (κ3) is 3.66. The summed E-state index contributed by atoms with van der Waals surface area (Å²) in [4.78, 5) is 6.56. The van der Waals surface area contributed by atoms with E-state index in [9.17, 15) is 0 Å². The molecule has 4 heteroatoms. The first-order valence-corrected chi connectivity index (χ1v) is 6.46. The van der Waals surface area contributed by atoms with Gasteiger partial charge in [-0.3, -0.25) is 4.90 Å². The smallest absolute Gasteiger partial charge is 0.240 e. The quantitative estimate of drug-likeness (QED) is 0.736. The van der Waals surface area contributed by atoms with Crippen molar-refractivity contribution in [1.29, 1.82) is 0 Å². The van der Waals surface area contributed by atoms with Crippen LogP contribution in [0.1, 0.15) is 44.3 Å². The number of aromatic nitrogens is 2. The first-order chi connectivity index (χ1) is 8.28. The highest BCUT2D eigenvalue weighted by molar-refractivity contribution is 5.07. The van der Waals surface area contributed by atoms with Gasteiger partial charge in [0.15, 0.2) is 5.82 Å². The predicted molar refractivity (Wildman–Crippen MR) is 66.6 cm³/mol. The lowest BCUT2D eigenvalue weighted by Crippen LogP contribution is -2.21. The molecule has 0 aromatic carbocycles. The number of allylic oxidation sites excluding steroid dienone is 1. The molecule has 0 aliphatic heterocycles. The molecule has 0 saturated heterocycles. The van der Waals surface area contributed by atoms with E-state index in [2.05, 4.69) is 28.2 Å². The molecule has 4 nitrogen and oxygen atoms in total. The van der Waals surface area contributed by atoms with E-state index in [-0.39, 0.29) is 0 Å². The zero-order chi connectivity index (χ0) is 12.1. The molecular weight excluding hydrogens is 214 g/mol. The van der Waals surface area contributed by atoms with E-state index in [1.165, 1.54) is 25.7 Å². The van der Waals surface area contributed by atoms with E-state index in [1.807, 2.05) is 6.92 Å². The maximum absolute atomic E-state index is 5.19. The fourth-order valence-corrected chi connectivity index (χ4v) is 2.18. The van der Waals surface area contributed by atoms with Crippen LogP contribution in [0.3, 0.4) is 0 Å². The second kappa shape index (κ2) is 5.96. The topological polar surface area (TPSA) is 42.2 Å². The molecule has 0 saturated carbocycles. The van der Waals surface area contributed by atoms with Crippen molar-refractivity contribution in [3.8, 4) is 0 Å². The molecule has 1 aliphatic carbocycles. The zero-order valence-electron chi connectivity index (χ0n) is 10.8. The Bertz CT molecular complexity index is 384. The van der Waals surface area contributed by atoms with E-state index in [0.29, 0.717) is 0 Å². The first kappa shape index (κ1) is 12.3. The third-order valence-corrected chi connectivity index (χ3v) is 3.09. The number of hydrogen-bond donors (Lipinski definition) is 0. The van der Waals surface area contributed by atoms with Crippen LogP contribution in [0.25, 0.3) is 0 Å². The Morgan fingerprint density at radius 1 is 1.35 bits per heavy atom. The van der Waals surface area contributed by atoms with Gasteiger partial charge in [-0.05, 0) is 32.7 Å². The van der Waals surface area contributed by atoms with E-state index < -0.39 is 0 Å². The predicted octanol–water partition coefficient (Wildman–Crippen LogP) is 2.56. The van der Waals surface area contributed by atoms with Gasteiger partial charge in [0, 0.05) is 13.0 Å². The van der Waals surface area contributed by atoms with Gasteiger partial charge in [-0.25, -0.2) is 0 Å². The second-order valence-electron chi connectivity index (χ2n) is 4.74. The number of aryl methyl sites for hydroxylation is 1. The minimum absolute atomic E-state index is 0.723. The van der Waals surface area contributed by atoms with Crippen LogP contribution in [0.4, 0.5) is 0 Å². The summed E-state index contributed by atoms with van der Waals surface area (Å²) >= 11 is 0. The van der Waals surface area contributed by atoms with Crippen LogP contribution in [0.15, 0.2) is 16.2 Å². The number of nitrogens with zero attached hydrogens (tertiary/aromatic N) is 3. The minimum atomic E-state index is 0.723. The van der Waals surface area contributed by atoms with Gasteiger partial charge in [0.25, 0.3) is 0 Å². The molecule has 0 N–H and O–H groups in total. The van der Waals surface area contributed by atoms with Crippen molar-refractivity contribution >= 4 is 0 Å². The third-order valence-electron chi connectivity index (χ3n) is 3.09. The molecule has 0 spiro atoms. The monoisotopic (exact) mass is 235 g/mol. The van der Waals surface area contributed by atoms with Gasteiger partial charge in [-0.15, -0.1) is 0 Å². The second-order valence-corrected chi connectivity index (χ2v) is 4.74. The average molecular weight is 235 g/mol. The normalized spacial score (nSPS) is 16.3. The highest BCUT2D eigenvalue weighted by Crippen LogP contribution is 2.18. The highest BCUT2D eigenvalue weighted by atomic mass is 16.5. The van der Waals surface area contributed by atoms with Gasteiger partial charge in [0.05, 0.1) is 6.54 Å². The van der Waals surface area contributed by atoms with Gasteiger partial charge in [0.2, 0.25) is 5.89 Å². The number of hydrogen-bond acceptors (Lipinski definition) is 4. The lowest BCUT2D eigenvalue weighted by atomic mass is 9.99. The SMILES string of the molecule is CCc1noc(CN(C)CC2=CCCCC2)n1. The van der Waals surface area contributed by atoms with Crippen molar-refractivity contribution in [3.63, 3.8) is 0 Å². The zero-order valence-corrected chi connectivity index (χ0v) is 10.8. The summed E-state index contributed by atoms with van der Waals surface area (Å²) < 4.78 is 5.19. The van der Waals surface area contributed by atoms with E-state index >= 15 is 0 Å². The summed E-state index contributed by atoms with van der Waals surface area (Å²) in [6.07, 6.45) is 8.37. The Hall–Kier alpha value is -1.16. The van der Waals surface area contributed by atoms with Gasteiger partial charge in [-0.2, -0.15) is 4.98 Å². The summed E-state index contributed by atoms with van der Waals surface area (Å²) in [5, 5.41) is 3.91. The Balaban J connectivity index is 1.83. The molecule has 0 amide bonds. The van der Waals surface area contributed by atoms with Gasteiger partial charge < -0.3 is 4.52 Å². The Labute approximate surface area is 103 Å². The molecule has 0 bridgehead atoms. The fraction of sp³-hybridized carbons (Fsp3) is 0.692. The molecule has 1 aromatic heterocycles. The maximum Gasteiger partial charge on any atom is 0.240 e. The van der Waals surface area contributed by atoms with Crippen molar-refractivity contribution < 1.29 is 4.52 Å². The molecular formula is C13H21N3O. The fourth-order valence-electron chi connectivity index (χ4n) is 2.18. The van der Waals surface area contributed by atoms with Crippen LogP contribution in [0, 0.1) is 0 Å². The lowest BCUT2D eigenvalue weighted by Gasteiger charge is -2.19. The van der Waals surface area contributed by atoms with Gasteiger partial charge in [-0.1, -0.05) is 23.7 Å². The largest absolute Gasteiger partial charge is 0.338 e. The van der Waals surface area contributed by atoms with Crippen molar-refractivity contribution in [2.75, 3.05) is 13.6 Å². The van der Waals surface area contributed by atoms with Crippen LogP contribution < -0.4 is 0 Å². The van der Waals surface area contributed by atoms with Crippen LogP contribution in [-0.2, 0) is 13.0 Å². The molecule has 2 rings (SSSR count). The summed E-state index contributed by atoms with van der Waals surface area (Å²) in [7, 11) is 2.10. The summed E-state index contributed by atoms with van der Waals surface area (Å²) in [5.74, 6) is 1.52. The van der Waals surface area contributed by atoms with Crippen molar-refractivity contribution in [2.45, 2.75) is 45.6 Å². The molecule has 0 radical (unpaired) electrons. The molecule has 1 heterocycles. The van der Waals surface area contributed by atoms with E-state index in [4.69, 9.17) is 4.52 Å². The number of rotatable bonds is 5. The molecule has 17 heavy (non-hydrogen) atoms. The van der Waals surface area contributed by atoms with E-state index in [1.54, 1.807) is 5.57 Å². The van der Waals surface area contributed by atoms with Gasteiger partial charge >= 0.3 is 0 Å². The molecule has 0 unspecified atom stereocenters. The summed E-state index contributed by atoms with van der Waals surface area (Å²) in [6.45, 7) is 3.79. The van der Waals surface area contributed by atoms with Crippen LogP contribution >= 0.6 is 0 Å². The lowest BCUT2D eigenvalue weighted by molar-refractivity contribution is 0.278. The molecule has 1 aromatic rings. The summed E-state index contributed by atoms with van der Waals surface area (Å²) in [5.41, 5.74) is 1.55. The van der Waals surface area contributed by atoms with Crippen molar-refractivity contribution in [3.05, 3.63) is 23.4 Å². The standard InChI is InChI=1S/C13H21N3O/c1-3-12-14-13(17-15-12)10-16(2)9-11-7-5-4-6-8-11/h7H,3-6,8-10H2,1-2H3. The van der Waals surface area contributed by atoms with Crippen LogP contribution in [-0.4, -0.2) is 28.6 Å². The van der Waals surface area contributed by atoms with E-state index in [0.717, 1.165) is 31.2 Å². The summed E-state index contributed by atoms with van der Waals surface area (Å²) in [6, 6.07) is 0. The Morgan fingerprint density at radius 3 is 2.88 bits per heavy atom. The van der Waals surface area contributed by atoms with Crippen LogP contribution in [0.5, 0.6) is 0 Å². The van der Waals surface area contributed by atoms with Gasteiger partial charge in [0.1, 0.15) is 0 Å². The highest BCUT2D eigenvalue weighted by Gasteiger charge is 2.10. The minimum Gasteiger partial charge on any atom is -0.338 e.